The number of likely N-dealkylation sites (tertiary alicyclic amines) is 1. The van der Waals surface area contributed by atoms with Gasteiger partial charge in [-0.15, -0.1) is 0 Å². The van der Waals surface area contributed by atoms with E-state index in [2.05, 4.69) is 84.4 Å². The number of aromatic nitrogens is 2. The molecular weight excluding hydrogens is 1660 g/mol. The lowest BCUT2D eigenvalue weighted by molar-refractivity contribution is -0.142. The third kappa shape index (κ3) is 32.9. The maximum absolute atomic E-state index is 15.1. The zero-order chi connectivity index (χ0) is 94.4. The third-order valence-electron chi connectivity index (χ3n) is 21.7. The number of aromatic amines is 1. The van der Waals surface area contributed by atoms with Gasteiger partial charge in [0, 0.05) is 51.8 Å². The number of primary amides is 2. The van der Waals surface area contributed by atoms with Crippen molar-refractivity contribution >= 4 is 100 Å². The number of imidazole rings is 1. The number of unbranched alkanes of at least 4 members (excludes halogenated alkanes) is 1. The second kappa shape index (κ2) is 51.9. The number of aromatic hydroxyl groups is 2. The number of H-pyrrole nitrogens is 1. The van der Waals surface area contributed by atoms with Crippen LogP contribution in [-0.4, -0.2) is 241 Å². The van der Waals surface area contributed by atoms with E-state index < -0.39 is 216 Å². The van der Waals surface area contributed by atoms with E-state index in [1.807, 2.05) is 0 Å². The van der Waals surface area contributed by atoms with Crippen LogP contribution in [0, 0.1) is 11.8 Å². The van der Waals surface area contributed by atoms with Gasteiger partial charge in [0.1, 0.15) is 102 Å². The molecule has 696 valence electrons. The molecule has 1 aromatic heterocycles. The fraction of sp³-hybridized carbons (Fsp3) is 0.500. The molecule has 0 saturated carbocycles. The van der Waals surface area contributed by atoms with Crippen molar-refractivity contribution in [3.8, 4) is 11.5 Å². The zero-order valence-electron chi connectivity index (χ0n) is 73.5. The Morgan fingerprint density at radius 3 is 1.30 bits per heavy atom. The molecule has 16 atom stereocenters. The molecule has 1 fully saturated rings. The Labute approximate surface area is 742 Å². The molecule has 0 spiro atoms. The van der Waals surface area contributed by atoms with Crippen molar-refractivity contribution in [1.82, 2.24) is 89.3 Å². The number of aliphatic hydroxyl groups excluding tert-OH is 1. The molecular formula is C88H124N20O20. The van der Waals surface area contributed by atoms with Crippen molar-refractivity contribution in [2.45, 2.75) is 249 Å². The summed E-state index contributed by atoms with van der Waals surface area (Å²) in [5, 5.41) is 66.4. The van der Waals surface area contributed by atoms with Crippen molar-refractivity contribution in [2.75, 3.05) is 19.7 Å². The summed E-state index contributed by atoms with van der Waals surface area (Å²) in [6.07, 6.45) is 2.40. The number of phenols is 2. The molecule has 5 aromatic rings. The van der Waals surface area contributed by atoms with E-state index >= 15 is 4.79 Å². The molecule has 6 rings (SSSR count). The molecule has 0 radical (unpaired) electrons. The van der Waals surface area contributed by atoms with E-state index in [1.165, 1.54) is 67.7 Å². The Morgan fingerprint density at radius 1 is 0.438 bits per heavy atom. The first-order valence-electron chi connectivity index (χ1n) is 42.9. The predicted molar refractivity (Wildman–Crippen MR) is 467 cm³/mol. The predicted octanol–water partition coefficient (Wildman–Crippen LogP) is -2.43. The number of hydrogen-bond acceptors (Lipinski definition) is 22. The van der Waals surface area contributed by atoms with Crippen LogP contribution in [0.3, 0.4) is 0 Å². The van der Waals surface area contributed by atoms with E-state index in [9.17, 15) is 92.0 Å². The van der Waals surface area contributed by atoms with Gasteiger partial charge in [-0.25, -0.2) is 4.98 Å². The Kier molecular flexibility index (Phi) is 41.9. The summed E-state index contributed by atoms with van der Waals surface area (Å²) in [5.74, 6) is -16.3. The topological polar surface area (TPSA) is 629 Å². The van der Waals surface area contributed by atoms with Gasteiger partial charge in [0.25, 0.3) is 0 Å². The molecule has 1 aliphatic rings. The molecule has 2 heterocycles. The van der Waals surface area contributed by atoms with Crippen molar-refractivity contribution in [2.24, 2.45) is 29.0 Å². The van der Waals surface area contributed by atoms with E-state index in [0.717, 1.165) is 6.92 Å². The Balaban J connectivity index is 1.15. The van der Waals surface area contributed by atoms with Gasteiger partial charge in [0.15, 0.2) is 0 Å². The summed E-state index contributed by atoms with van der Waals surface area (Å²) in [6, 6.07) is 7.63. The zero-order valence-corrected chi connectivity index (χ0v) is 73.5. The van der Waals surface area contributed by atoms with E-state index in [4.69, 9.17) is 17.2 Å². The molecule has 1 saturated heterocycles. The molecule has 3 unspecified atom stereocenters. The molecule has 0 aliphatic carbocycles. The standard InChI is InChI=1S/C88H124N20O20/c1-10-49(7)73(87(127)98-60(12-3)77(117)102-64(40-54-29-33-57(111)34-30-54)80(120)100-63(74(91)114)39-52-23-16-14-17-24-52)107-78(118)61(13-4)96-79(119)62(27-20-21-37-89)99-81(121)66(43-56-45-92-47-93-56)101-75(115)50(8)94-85(125)70-28-22-38-108(70)88(128)68(42-53-25-18-15-19-26-53)105-86(126)72(48(5)6)106-83(123)65(41-55-31-35-58(112)36-32-55)103-82(122)67(44-71(90)113)104-76(116)59(11-2)97-84(124)69(46-109)95-51(9)110/h14-19,23-26,29-36,45,47-50,59-70,72-73,109,111-112H,10-13,20-22,27-28,37-44,46,89H2,1-9H3,(H2,90,113)(H2,91,114)(H,92,93)(H,94,125)(H,95,110)(H,96,119)(H,97,124)(H,98,127)(H,99,121)(H,100,120)(H,101,115)(H,102,117)(H,103,122)(H,104,116)(H,105,126)(H,106,123)(H,107,118)/t49-,50-,59?,60?,61?,62-,63-,64-,65-,66-,67-,68-,69-,70-,72-,73-/m0/s1. The smallest absolute Gasteiger partial charge is 0.246 e. The van der Waals surface area contributed by atoms with Crippen molar-refractivity contribution in [1.29, 1.82) is 0 Å². The van der Waals surface area contributed by atoms with Crippen LogP contribution < -0.4 is 91.6 Å². The van der Waals surface area contributed by atoms with Crippen LogP contribution in [0.15, 0.2) is 122 Å². The SMILES string of the molecule is CCC(NC(=O)[C@H](CO)NC(C)=O)C(=O)N[C@@H](CC(N)=O)C(=O)N[C@@H](Cc1ccc(O)cc1)C(=O)N[C@H](C(=O)N[C@@H](Cc1ccccc1)C(=O)N1CCC[C@H]1C(=O)N[C@@H](C)C(=O)N[C@@H](Cc1c[nH]cn1)C(=O)N[C@@H](CCCCN)C(=O)NC(CC)C(=O)N[C@H](C(=O)NC(CC)C(=O)N[C@@H](Cc1ccc(O)cc1)C(=O)N[C@@H](Cc1ccccc1)C(N)=O)[C@@H](C)CC)C(C)C. The normalized spacial score (nSPS) is 15.8. The van der Waals surface area contributed by atoms with Crippen LogP contribution in [0.2, 0.25) is 0 Å². The van der Waals surface area contributed by atoms with Crippen molar-refractivity contribution < 1.29 is 96.8 Å². The van der Waals surface area contributed by atoms with Gasteiger partial charge in [0.05, 0.1) is 25.0 Å². The summed E-state index contributed by atoms with van der Waals surface area (Å²) < 4.78 is 0. The van der Waals surface area contributed by atoms with Crippen molar-refractivity contribution in [3.63, 3.8) is 0 Å². The number of amides is 17. The highest BCUT2D eigenvalue weighted by Gasteiger charge is 2.43. The first-order chi connectivity index (χ1) is 60.9. The fourth-order valence-electron chi connectivity index (χ4n) is 14.1. The highest BCUT2D eigenvalue weighted by atomic mass is 16.3. The van der Waals surface area contributed by atoms with Gasteiger partial charge in [-0.2, -0.15) is 0 Å². The summed E-state index contributed by atoms with van der Waals surface area (Å²) in [5.41, 5.74) is 19.6. The van der Waals surface area contributed by atoms with Crippen LogP contribution >= 0.6 is 0 Å². The van der Waals surface area contributed by atoms with E-state index in [-0.39, 0.29) is 107 Å². The second-order valence-corrected chi connectivity index (χ2v) is 32.0. The molecule has 17 amide bonds. The van der Waals surface area contributed by atoms with Gasteiger partial charge in [-0.1, -0.05) is 140 Å². The lowest BCUT2D eigenvalue weighted by Gasteiger charge is -2.31. The van der Waals surface area contributed by atoms with Crippen LogP contribution in [0.4, 0.5) is 0 Å². The number of aliphatic hydroxyl groups is 1. The molecule has 40 nitrogen and oxygen atoms in total. The lowest BCUT2D eigenvalue weighted by atomic mass is 9.97. The summed E-state index contributed by atoms with van der Waals surface area (Å²) >= 11 is 0. The van der Waals surface area contributed by atoms with Crippen LogP contribution in [-0.2, 0) is 114 Å². The second-order valence-electron chi connectivity index (χ2n) is 32.0. The largest absolute Gasteiger partial charge is 0.508 e. The van der Waals surface area contributed by atoms with Crippen molar-refractivity contribution in [3.05, 3.63) is 150 Å². The number of carbonyl (C=O) groups excluding carboxylic acids is 17. The summed E-state index contributed by atoms with van der Waals surface area (Å²) in [6.45, 7) is 13.1. The Morgan fingerprint density at radius 2 is 0.836 bits per heavy atom. The molecule has 40 heteroatoms. The van der Waals surface area contributed by atoms with Gasteiger partial charge in [0.2, 0.25) is 100 Å². The first kappa shape index (κ1) is 103. The quantitative estimate of drug-likeness (QED) is 0.0180. The number of carbonyl (C=O) groups is 17. The number of nitrogens with two attached hydrogens (primary N) is 3. The minimum absolute atomic E-state index is 0.000849. The van der Waals surface area contributed by atoms with Crippen LogP contribution in [0.25, 0.3) is 0 Å². The monoisotopic (exact) mass is 1780 g/mol. The minimum atomic E-state index is -1.78. The average Bonchev–Trinajstić information content (AvgIpc) is 1.63. The molecule has 4 aromatic carbocycles. The number of nitrogens with zero attached hydrogens (tertiary/aromatic N) is 2. The maximum atomic E-state index is 15.1. The number of nitrogens with one attached hydrogen (secondary N) is 15. The number of rotatable bonds is 52. The summed E-state index contributed by atoms with van der Waals surface area (Å²) in [7, 11) is 0. The maximum Gasteiger partial charge on any atom is 0.246 e. The number of phenolic OH excluding ortho intramolecular Hbond substituents is 2. The lowest BCUT2D eigenvalue weighted by Crippen LogP contribution is -2.62. The van der Waals surface area contributed by atoms with Crippen LogP contribution in [0.1, 0.15) is 154 Å². The fourth-order valence-corrected chi connectivity index (χ4v) is 14.1. The van der Waals surface area contributed by atoms with Crippen LogP contribution in [0.5, 0.6) is 11.5 Å². The number of hydrogen-bond donors (Lipinski definition) is 21. The first-order valence-corrected chi connectivity index (χ1v) is 42.9. The Hall–Kier alpha value is -13.4. The molecule has 128 heavy (non-hydrogen) atoms. The highest BCUT2D eigenvalue weighted by Crippen LogP contribution is 2.23. The minimum Gasteiger partial charge on any atom is -0.508 e. The molecule has 0 bridgehead atoms. The van der Waals surface area contributed by atoms with E-state index in [1.54, 1.807) is 114 Å². The van der Waals surface area contributed by atoms with E-state index in [0.29, 0.717) is 35.1 Å². The van der Waals surface area contributed by atoms with Gasteiger partial charge in [-0.3, -0.25) is 81.5 Å². The number of benzene rings is 4. The van der Waals surface area contributed by atoms with Gasteiger partial charge in [-0.05, 0) is 123 Å². The summed E-state index contributed by atoms with van der Waals surface area (Å²) in [4.78, 5) is 246. The van der Waals surface area contributed by atoms with Gasteiger partial charge < -0.3 is 117 Å². The Bertz CT molecular complexity index is 4590. The van der Waals surface area contributed by atoms with Gasteiger partial charge >= 0.3 is 0 Å². The molecule has 1 aliphatic heterocycles. The molecule has 24 N–H and O–H groups in total. The average molecular weight is 1780 g/mol. The highest BCUT2D eigenvalue weighted by molar-refractivity contribution is 6.02. The third-order valence-corrected chi connectivity index (χ3v) is 21.7.